The Bertz CT molecular complexity index is 1330. The molecule has 0 spiro atoms. The monoisotopic (exact) mass is 453 g/mol. The average Bonchev–Trinajstić information content (AvgIpc) is 3.14. The van der Waals surface area contributed by atoms with Crippen LogP contribution in [-0.2, 0) is 13.0 Å². The summed E-state index contributed by atoms with van der Waals surface area (Å²) in [6, 6.07) is 12.9. The molecule has 4 aromatic rings. The lowest BCUT2D eigenvalue weighted by molar-refractivity contribution is 0.298. The average molecular weight is 454 g/mol. The van der Waals surface area contributed by atoms with Crippen molar-refractivity contribution in [3.05, 3.63) is 92.4 Å². The van der Waals surface area contributed by atoms with E-state index in [1.54, 1.807) is 44.2 Å². The van der Waals surface area contributed by atoms with Crippen LogP contribution in [0.2, 0.25) is 5.02 Å². The molecule has 164 valence electrons. The van der Waals surface area contributed by atoms with E-state index in [-0.39, 0.29) is 30.9 Å². The molecule has 32 heavy (non-hydrogen) atoms. The van der Waals surface area contributed by atoms with Crippen LogP contribution in [0.4, 0.5) is 4.39 Å². The van der Waals surface area contributed by atoms with E-state index in [0.717, 1.165) is 5.56 Å². The quantitative estimate of drug-likeness (QED) is 0.463. The van der Waals surface area contributed by atoms with Gasteiger partial charge in [-0.1, -0.05) is 17.7 Å². The molecule has 1 N–H and O–H groups in total. The van der Waals surface area contributed by atoms with E-state index in [1.807, 2.05) is 6.07 Å². The van der Waals surface area contributed by atoms with Crippen LogP contribution in [-0.4, -0.2) is 26.2 Å². The molecule has 0 unspecified atom stereocenters. The largest absolute Gasteiger partial charge is 0.441 e. The van der Waals surface area contributed by atoms with Crippen LogP contribution in [0.3, 0.4) is 0 Å². The molecule has 2 aromatic heterocycles. The van der Waals surface area contributed by atoms with Crippen molar-refractivity contribution in [2.45, 2.75) is 26.8 Å². The van der Waals surface area contributed by atoms with Crippen molar-refractivity contribution < 1.29 is 13.9 Å². The van der Waals surface area contributed by atoms with Crippen LogP contribution in [0.5, 0.6) is 0 Å². The van der Waals surface area contributed by atoms with Crippen LogP contribution in [0.25, 0.3) is 22.8 Å². The normalized spacial score (nSPS) is 11.2. The summed E-state index contributed by atoms with van der Waals surface area (Å²) in [6.07, 6.45) is 0.187. The molecular weight excluding hydrogens is 433 g/mol. The lowest BCUT2D eigenvalue weighted by atomic mass is 10.1. The Labute approximate surface area is 189 Å². The van der Waals surface area contributed by atoms with Crippen molar-refractivity contribution in [3.63, 3.8) is 0 Å². The van der Waals surface area contributed by atoms with E-state index in [4.69, 9.17) is 16.0 Å². The van der Waals surface area contributed by atoms with Gasteiger partial charge in [-0.15, -0.1) is 0 Å². The van der Waals surface area contributed by atoms with Crippen LogP contribution >= 0.6 is 11.6 Å². The highest BCUT2D eigenvalue weighted by molar-refractivity contribution is 6.30. The first kappa shape index (κ1) is 21.9. The van der Waals surface area contributed by atoms with E-state index in [0.29, 0.717) is 45.0 Å². The van der Waals surface area contributed by atoms with Crippen LogP contribution in [0.1, 0.15) is 22.7 Å². The van der Waals surface area contributed by atoms with Crippen molar-refractivity contribution in [1.29, 1.82) is 0 Å². The molecule has 0 radical (unpaired) electrons. The molecule has 0 atom stereocenters. The molecule has 8 heteroatoms. The van der Waals surface area contributed by atoms with Gasteiger partial charge in [0.15, 0.2) is 0 Å². The molecule has 4 rings (SSSR count). The number of nitrogens with zero attached hydrogens (tertiary/aromatic N) is 3. The molecule has 0 saturated heterocycles. The number of aliphatic hydroxyl groups excluding tert-OH is 1. The maximum atomic E-state index is 13.5. The van der Waals surface area contributed by atoms with Crippen molar-refractivity contribution in [1.82, 2.24) is 14.5 Å². The standard InChI is InChI=1S/C24H21ClFN3O3/c1-14-20(10-11-30)24(31)29(22(27-14)16-6-8-19(26)9-7-16)13-21-15(2)32-23(28-21)17-4-3-5-18(25)12-17/h3-9,12,30H,10-11,13H2,1-2H3. The minimum Gasteiger partial charge on any atom is -0.441 e. The Balaban J connectivity index is 1.83. The zero-order chi connectivity index (χ0) is 22.8. The van der Waals surface area contributed by atoms with Gasteiger partial charge in [-0.25, -0.2) is 14.4 Å². The van der Waals surface area contributed by atoms with Gasteiger partial charge in [0.05, 0.1) is 6.54 Å². The topological polar surface area (TPSA) is 81.2 Å². The fourth-order valence-corrected chi connectivity index (χ4v) is 3.73. The molecule has 0 bridgehead atoms. The summed E-state index contributed by atoms with van der Waals surface area (Å²) in [5.74, 6) is 0.962. The lowest BCUT2D eigenvalue weighted by Gasteiger charge is -2.15. The first-order chi connectivity index (χ1) is 15.4. The molecule has 2 aromatic carbocycles. The van der Waals surface area contributed by atoms with Gasteiger partial charge in [-0.3, -0.25) is 9.36 Å². The van der Waals surface area contributed by atoms with Gasteiger partial charge >= 0.3 is 0 Å². The Morgan fingerprint density at radius 2 is 1.84 bits per heavy atom. The van der Waals surface area contributed by atoms with Gasteiger partial charge in [-0.2, -0.15) is 0 Å². The third-order valence-corrected chi connectivity index (χ3v) is 5.44. The minimum atomic E-state index is -0.380. The Kier molecular flexibility index (Phi) is 6.21. The smallest absolute Gasteiger partial charge is 0.257 e. The summed E-state index contributed by atoms with van der Waals surface area (Å²) < 4.78 is 20.8. The number of aryl methyl sites for hydroxylation is 2. The zero-order valence-electron chi connectivity index (χ0n) is 17.6. The number of rotatable bonds is 6. The molecule has 0 aliphatic carbocycles. The van der Waals surface area contributed by atoms with Crippen molar-refractivity contribution in [2.75, 3.05) is 6.61 Å². The summed E-state index contributed by atoms with van der Waals surface area (Å²) in [5, 5.41) is 9.97. The van der Waals surface area contributed by atoms with Crippen LogP contribution < -0.4 is 5.56 Å². The Morgan fingerprint density at radius 3 is 2.53 bits per heavy atom. The summed E-state index contributed by atoms with van der Waals surface area (Å²) in [4.78, 5) is 22.5. The van der Waals surface area contributed by atoms with Gasteiger partial charge in [0.1, 0.15) is 23.1 Å². The Morgan fingerprint density at radius 1 is 1.09 bits per heavy atom. The second kappa shape index (κ2) is 9.06. The maximum absolute atomic E-state index is 13.5. The molecule has 6 nitrogen and oxygen atoms in total. The predicted molar refractivity (Wildman–Crippen MR) is 120 cm³/mol. The van der Waals surface area contributed by atoms with Crippen LogP contribution in [0.15, 0.2) is 57.7 Å². The first-order valence-electron chi connectivity index (χ1n) is 10.1. The number of halogens is 2. The number of hydrogen-bond acceptors (Lipinski definition) is 5. The second-order valence-electron chi connectivity index (χ2n) is 7.40. The second-order valence-corrected chi connectivity index (χ2v) is 7.84. The van der Waals surface area contributed by atoms with Gasteiger partial charge in [0, 0.05) is 40.4 Å². The van der Waals surface area contributed by atoms with E-state index in [2.05, 4.69) is 9.97 Å². The zero-order valence-corrected chi connectivity index (χ0v) is 18.4. The van der Waals surface area contributed by atoms with E-state index < -0.39 is 0 Å². The first-order valence-corrected chi connectivity index (χ1v) is 10.4. The van der Waals surface area contributed by atoms with Gasteiger partial charge in [0.25, 0.3) is 5.56 Å². The number of aromatic nitrogens is 3. The van der Waals surface area contributed by atoms with Gasteiger partial charge in [0.2, 0.25) is 5.89 Å². The molecule has 0 aliphatic heterocycles. The number of hydrogen-bond donors (Lipinski definition) is 1. The van der Waals surface area contributed by atoms with E-state index in [1.165, 1.54) is 16.7 Å². The number of benzene rings is 2. The van der Waals surface area contributed by atoms with Gasteiger partial charge < -0.3 is 9.52 Å². The molecule has 0 fully saturated rings. The summed E-state index contributed by atoms with van der Waals surface area (Å²) in [7, 11) is 0. The molecule has 0 amide bonds. The SMILES string of the molecule is Cc1nc(-c2ccc(F)cc2)n(Cc2nc(-c3cccc(Cl)c3)oc2C)c(=O)c1CCO. The predicted octanol–water partition coefficient (Wildman–Crippen LogP) is 4.56. The summed E-state index contributed by atoms with van der Waals surface area (Å²) in [5.41, 5.74) is 2.55. The fraction of sp³-hybridized carbons (Fsp3) is 0.208. The highest BCUT2D eigenvalue weighted by Gasteiger charge is 2.19. The van der Waals surface area contributed by atoms with Gasteiger partial charge in [-0.05, 0) is 56.3 Å². The Hall–Kier alpha value is -3.29. The highest BCUT2D eigenvalue weighted by Crippen LogP contribution is 2.26. The number of oxazole rings is 1. The molecular formula is C24H21ClFN3O3. The van der Waals surface area contributed by atoms with E-state index in [9.17, 15) is 14.3 Å². The van der Waals surface area contributed by atoms with Crippen molar-refractivity contribution >= 4 is 11.6 Å². The maximum Gasteiger partial charge on any atom is 0.257 e. The highest BCUT2D eigenvalue weighted by atomic mass is 35.5. The van der Waals surface area contributed by atoms with E-state index >= 15 is 0 Å². The molecule has 0 aliphatic rings. The molecule has 0 saturated carbocycles. The number of aliphatic hydroxyl groups is 1. The lowest BCUT2D eigenvalue weighted by Crippen LogP contribution is -2.29. The summed E-state index contributed by atoms with van der Waals surface area (Å²) >= 11 is 6.08. The van der Waals surface area contributed by atoms with Crippen molar-refractivity contribution in [3.8, 4) is 22.8 Å². The summed E-state index contributed by atoms with van der Waals surface area (Å²) in [6.45, 7) is 3.43. The fourth-order valence-electron chi connectivity index (χ4n) is 3.54. The minimum absolute atomic E-state index is 0.104. The molecule has 2 heterocycles. The third-order valence-electron chi connectivity index (χ3n) is 5.21. The van der Waals surface area contributed by atoms with Crippen molar-refractivity contribution in [2.24, 2.45) is 0 Å². The van der Waals surface area contributed by atoms with Crippen LogP contribution in [0, 0.1) is 19.7 Å². The third kappa shape index (κ3) is 4.35.